The molecule has 0 radical (unpaired) electrons. The molecule has 0 spiro atoms. The third kappa shape index (κ3) is 1.56. The van der Waals surface area contributed by atoms with Gasteiger partial charge in [-0.15, -0.1) is 0 Å². The van der Waals surface area contributed by atoms with E-state index in [0.717, 1.165) is 17.5 Å². The van der Waals surface area contributed by atoms with Crippen LogP contribution in [0, 0.1) is 5.92 Å². The standard InChI is InChI=1S/C12H13N3O/c1-7-4-10(7)15-12(16)8-2-3-9-11(5-8)14-6-13-9/h2-3,5-7,10H,4H2,1H3,(H,13,14)(H,15,16). The van der Waals surface area contributed by atoms with Crippen molar-refractivity contribution < 1.29 is 4.79 Å². The highest BCUT2D eigenvalue weighted by atomic mass is 16.1. The van der Waals surface area contributed by atoms with E-state index in [9.17, 15) is 4.79 Å². The molecule has 1 heterocycles. The maximum absolute atomic E-state index is 11.9. The van der Waals surface area contributed by atoms with E-state index >= 15 is 0 Å². The number of aromatic nitrogens is 2. The van der Waals surface area contributed by atoms with E-state index in [1.165, 1.54) is 0 Å². The van der Waals surface area contributed by atoms with Crippen molar-refractivity contribution in [3.63, 3.8) is 0 Å². The second kappa shape index (κ2) is 3.33. The molecule has 1 aromatic carbocycles. The van der Waals surface area contributed by atoms with Crippen LogP contribution >= 0.6 is 0 Å². The lowest BCUT2D eigenvalue weighted by Crippen LogP contribution is -2.26. The molecule has 2 aromatic rings. The molecule has 82 valence electrons. The number of fused-ring (bicyclic) bond motifs is 1. The lowest BCUT2D eigenvalue weighted by Gasteiger charge is -2.03. The fraction of sp³-hybridized carbons (Fsp3) is 0.333. The van der Waals surface area contributed by atoms with Gasteiger partial charge in [-0.2, -0.15) is 0 Å². The van der Waals surface area contributed by atoms with Crippen molar-refractivity contribution in [2.75, 3.05) is 0 Å². The molecule has 1 aliphatic rings. The fourth-order valence-electron chi connectivity index (χ4n) is 1.85. The second-order valence-electron chi connectivity index (χ2n) is 4.43. The summed E-state index contributed by atoms with van der Waals surface area (Å²) >= 11 is 0. The Morgan fingerprint density at radius 3 is 3.12 bits per heavy atom. The van der Waals surface area contributed by atoms with Crippen molar-refractivity contribution in [2.45, 2.75) is 19.4 Å². The van der Waals surface area contributed by atoms with Crippen LogP contribution in [-0.4, -0.2) is 21.9 Å². The monoisotopic (exact) mass is 215 g/mol. The van der Waals surface area contributed by atoms with E-state index in [0.29, 0.717) is 17.5 Å². The minimum atomic E-state index is 0.00542. The van der Waals surface area contributed by atoms with E-state index in [4.69, 9.17) is 0 Å². The average Bonchev–Trinajstić information content (AvgIpc) is 2.81. The molecule has 1 aromatic heterocycles. The Kier molecular flexibility index (Phi) is 1.96. The molecule has 1 aliphatic carbocycles. The van der Waals surface area contributed by atoms with E-state index < -0.39 is 0 Å². The average molecular weight is 215 g/mol. The minimum absolute atomic E-state index is 0.00542. The quantitative estimate of drug-likeness (QED) is 0.801. The van der Waals surface area contributed by atoms with Crippen LogP contribution in [0.15, 0.2) is 24.5 Å². The summed E-state index contributed by atoms with van der Waals surface area (Å²) in [6, 6.07) is 5.87. The van der Waals surface area contributed by atoms with Gasteiger partial charge in [-0.05, 0) is 30.5 Å². The maximum atomic E-state index is 11.9. The maximum Gasteiger partial charge on any atom is 0.251 e. The molecule has 4 nitrogen and oxygen atoms in total. The number of H-pyrrole nitrogens is 1. The molecule has 16 heavy (non-hydrogen) atoms. The molecule has 1 fully saturated rings. The van der Waals surface area contributed by atoms with Gasteiger partial charge in [0.25, 0.3) is 5.91 Å². The Balaban J connectivity index is 1.84. The van der Waals surface area contributed by atoms with Gasteiger partial charge in [0, 0.05) is 11.6 Å². The molecule has 0 bridgehead atoms. The summed E-state index contributed by atoms with van der Waals surface area (Å²) in [5, 5.41) is 3.00. The minimum Gasteiger partial charge on any atom is -0.349 e. The molecule has 1 amide bonds. The van der Waals surface area contributed by atoms with Crippen LogP contribution < -0.4 is 5.32 Å². The van der Waals surface area contributed by atoms with Crippen LogP contribution in [0.4, 0.5) is 0 Å². The fourth-order valence-corrected chi connectivity index (χ4v) is 1.85. The van der Waals surface area contributed by atoms with Gasteiger partial charge in [-0.3, -0.25) is 4.79 Å². The number of rotatable bonds is 2. The highest BCUT2D eigenvalue weighted by Crippen LogP contribution is 2.29. The molecule has 1 saturated carbocycles. The number of amides is 1. The second-order valence-corrected chi connectivity index (χ2v) is 4.43. The SMILES string of the molecule is CC1CC1NC(=O)c1ccc2nc[nH]c2c1. The predicted molar refractivity (Wildman–Crippen MR) is 61.1 cm³/mol. The van der Waals surface area contributed by atoms with Crippen LogP contribution in [0.3, 0.4) is 0 Å². The number of hydrogen-bond donors (Lipinski definition) is 2. The van der Waals surface area contributed by atoms with Crippen LogP contribution in [0.25, 0.3) is 11.0 Å². The lowest BCUT2D eigenvalue weighted by molar-refractivity contribution is 0.0949. The van der Waals surface area contributed by atoms with Gasteiger partial charge in [0.05, 0.1) is 17.4 Å². The van der Waals surface area contributed by atoms with Crippen molar-refractivity contribution in [1.82, 2.24) is 15.3 Å². The van der Waals surface area contributed by atoms with E-state index in [2.05, 4.69) is 22.2 Å². The number of carbonyl (C=O) groups excluding carboxylic acids is 1. The molecular formula is C12H13N3O. The summed E-state index contributed by atoms with van der Waals surface area (Å²) in [5.41, 5.74) is 2.48. The number of nitrogens with one attached hydrogen (secondary N) is 2. The van der Waals surface area contributed by atoms with Gasteiger partial charge in [0.1, 0.15) is 0 Å². The first-order chi connectivity index (χ1) is 7.74. The number of carbonyl (C=O) groups is 1. The van der Waals surface area contributed by atoms with Gasteiger partial charge in [-0.1, -0.05) is 6.92 Å². The topological polar surface area (TPSA) is 57.8 Å². The van der Waals surface area contributed by atoms with Crippen LogP contribution in [-0.2, 0) is 0 Å². The largest absolute Gasteiger partial charge is 0.349 e. The molecule has 0 aliphatic heterocycles. The van der Waals surface area contributed by atoms with Crippen molar-refractivity contribution in [1.29, 1.82) is 0 Å². The molecule has 2 atom stereocenters. The highest BCUT2D eigenvalue weighted by Gasteiger charge is 2.33. The molecule has 4 heteroatoms. The number of hydrogen-bond acceptors (Lipinski definition) is 2. The van der Waals surface area contributed by atoms with E-state index in [1.807, 2.05) is 18.2 Å². The Bertz CT molecular complexity index is 546. The van der Waals surface area contributed by atoms with E-state index in [1.54, 1.807) is 6.33 Å². The van der Waals surface area contributed by atoms with Gasteiger partial charge >= 0.3 is 0 Å². The van der Waals surface area contributed by atoms with Crippen molar-refractivity contribution in [3.05, 3.63) is 30.1 Å². The van der Waals surface area contributed by atoms with Gasteiger partial charge in [-0.25, -0.2) is 4.98 Å². The molecule has 3 rings (SSSR count). The van der Waals surface area contributed by atoms with Gasteiger partial charge < -0.3 is 10.3 Å². The van der Waals surface area contributed by atoms with E-state index in [-0.39, 0.29) is 5.91 Å². The van der Waals surface area contributed by atoms with Crippen molar-refractivity contribution in [2.24, 2.45) is 5.92 Å². The summed E-state index contributed by atoms with van der Waals surface area (Å²) in [4.78, 5) is 19.0. The Labute approximate surface area is 93.1 Å². The zero-order valence-corrected chi connectivity index (χ0v) is 9.03. The molecular weight excluding hydrogens is 202 g/mol. The normalized spacial score (nSPS) is 23.3. The Morgan fingerprint density at radius 2 is 2.38 bits per heavy atom. The smallest absolute Gasteiger partial charge is 0.251 e. The summed E-state index contributed by atoms with van der Waals surface area (Å²) in [7, 11) is 0. The zero-order valence-electron chi connectivity index (χ0n) is 9.03. The summed E-state index contributed by atoms with van der Waals surface area (Å²) in [5.74, 6) is 0.630. The van der Waals surface area contributed by atoms with Crippen molar-refractivity contribution in [3.8, 4) is 0 Å². The Morgan fingerprint density at radius 1 is 1.56 bits per heavy atom. The number of imidazole rings is 1. The molecule has 0 saturated heterocycles. The summed E-state index contributed by atoms with van der Waals surface area (Å²) < 4.78 is 0. The van der Waals surface area contributed by atoms with Crippen LogP contribution in [0.1, 0.15) is 23.7 Å². The Hall–Kier alpha value is -1.84. The molecule has 2 N–H and O–H groups in total. The van der Waals surface area contributed by atoms with Crippen LogP contribution in [0.2, 0.25) is 0 Å². The first-order valence-corrected chi connectivity index (χ1v) is 5.48. The highest BCUT2D eigenvalue weighted by molar-refractivity contribution is 5.97. The zero-order chi connectivity index (χ0) is 11.1. The first kappa shape index (κ1) is 9.39. The number of nitrogens with zero attached hydrogens (tertiary/aromatic N) is 1. The number of benzene rings is 1. The number of aromatic amines is 1. The van der Waals surface area contributed by atoms with Crippen LogP contribution in [0.5, 0.6) is 0 Å². The van der Waals surface area contributed by atoms with Gasteiger partial charge in [0.15, 0.2) is 0 Å². The first-order valence-electron chi connectivity index (χ1n) is 5.48. The molecule has 2 unspecified atom stereocenters. The van der Waals surface area contributed by atoms with Crippen molar-refractivity contribution >= 4 is 16.9 Å². The lowest BCUT2D eigenvalue weighted by atomic mass is 10.2. The van der Waals surface area contributed by atoms with Gasteiger partial charge in [0.2, 0.25) is 0 Å². The summed E-state index contributed by atoms with van der Waals surface area (Å²) in [6.45, 7) is 2.14. The summed E-state index contributed by atoms with van der Waals surface area (Å²) in [6.07, 6.45) is 2.73. The third-order valence-electron chi connectivity index (χ3n) is 3.11. The third-order valence-corrected chi connectivity index (χ3v) is 3.11. The predicted octanol–water partition coefficient (Wildman–Crippen LogP) is 1.70.